The van der Waals surface area contributed by atoms with E-state index >= 15 is 0 Å². The van der Waals surface area contributed by atoms with Crippen LogP contribution in [0.5, 0.6) is 0 Å². The fourth-order valence-electron chi connectivity index (χ4n) is 0.766. The van der Waals surface area contributed by atoms with Gasteiger partial charge in [-0.1, -0.05) is 26.7 Å². The molecule has 0 fully saturated rings. The zero-order chi connectivity index (χ0) is 8.53. The van der Waals surface area contributed by atoms with E-state index in [1.54, 1.807) is 0 Å². The van der Waals surface area contributed by atoms with E-state index in [9.17, 15) is 4.57 Å². The highest BCUT2D eigenvalue weighted by Crippen LogP contribution is 2.22. The molecule has 11 heavy (non-hydrogen) atoms. The van der Waals surface area contributed by atoms with Crippen LogP contribution in [-0.2, 0) is 9.09 Å². The lowest BCUT2D eigenvalue weighted by Gasteiger charge is -1.90. The van der Waals surface area contributed by atoms with Gasteiger partial charge in [-0.2, -0.15) is 0 Å². The second-order valence-corrected chi connectivity index (χ2v) is 3.97. The topological polar surface area (TPSA) is 26.3 Å². The van der Waals surface area contributed by atoms with Gasteiger partial charge in [0.1, 0.15) is 6.61 Å². The summed E-state index contributed by atoms with van der Waals surface area (Å²) in [6.45, 7) is 4.83. The summed E-state index contributed by atoms with van der Waals surface area (Å²) in [6, 6.07) is 0. The third-order valence-electron chi connectivity index (χ3n) is 1.39. The molecule has 0 amide bonds. The maximum Gasteiger partial charge on any atom is 0.508 e. The molecule has 1 unspecified atom stereocenters. The van der Waals surface area contributed by atoms with E-state index < -0.39 is 8.03 Å². The second-order valence-electron chi connectivity index (χ2n) is 2.60. The van der Waals surface area contributed by atoms with Crippen molar-refractivity contribution in [2.24, 2.45) is 0 Å². The Hall–Kier alpha value is 0.0600. The first-order valence-electron chi connectivity index (χ1n) is 4.38. The van der Waals surface area contributed by atoms with Crippen molar-refractivity contribution in [1.29, 1.82) is 0 Å². The normalized spacial score (nSPS) is 11.6. The molecule has 0 aromatic heterocycles. The SMILES string of the molecule is CCCCCO[P+](=O)CCC. The summed E-state index contributed by atoms with van der Waals surface area (Å²) in [5.41, 5.74) is 0. The lowest BCUT2D eigenvalue weighted by atomic mass is 10.3. The van der Waals surface area contributed by atoms with Crippen LogP contribution in [0.2, 0.25) is 0 Å². The van der Waals surface area contributed by atoms with Crippen LogP contribution >= 0.6 is 8.03 Å². The fraction of sp³-hybridized carbons (Fsp3) is 1.00. The lowest BCUT2D eigenvalue weighted by molar-refractivity contribution is 0.317. The molecule has 0 radical (unpaired) electrons. The van der Waals surface area contributed by atoms with Gasteiger partial charge in [-0.25, -0.2) is 0 Å². The van der Waals surface area contributed by atoms with Crippen molar-refractivity contribution in [2.45, 2.75) is 39.5 Å². The minimum absolute atomic E-state index is 0.670. The molecule has 66 valence electrons. The smallest absolute Gasteiger partial charge is 0.146 e. The van der Waals surface area contributed by atoms with Gasteiger partial charge in [-0.05, 0) is 17.4 Å². The van der Waals surface area contributed by atoms with E-state index in [-0.39, 0.29) is 0 Å². The summed E-state index contributed by atoms with van der Waals surface area (Å²) < 4.78 is 16.0. The first-order valence-corrected chi connectivity index (χ1v) is 5.75. The number of rotatable bonds is 7. The molecule has 0 saturated carbocycles. The Morgan fingerprint density at radius 3 is 2.45 bits per heavy atom. The molecule has 0 saturated heterocycles. The van der Waals surface area contributed by atoms with E-state index in [4.69, 9.17) is 4.52 Å². The Balaban J connectivity index is 3.04. The second kappa shape index (κ2) is 8.16. The third-order valence-corrected chi connectivity index (χ3v) is 2.67. The molecule has 0 bridgehead atoms. The van der Waals surface area contributed by atoms with Crippen LogP contribution in [0.4, 0.5) is 0 Å². The average Bonchev–Trinajstić information content (AvgIpc) is 1.99. The van der Waals surface area contributed by atoms with Crippen molar-refractivity contribution in [2.75, 3.05) is 12.8 Å². The Labute approximate surface area is 70.2 Å². The van der Waals surface area contributed by atoms with E-state index in [1.165, 1.54) is 12.8 Å². The van der Waals surface area contributed by atoms with Crippen molar-refractivity contribution in [1.82, 2.24) is 0 Å². The van der Waals surface area contributed by atoms with Gasteiger partial charge in [0.05, 0.1) is 0 Å². The summed E-state index contributed by atoms with van der Waals surface area (Å²) in [5.74, 6) is 0. The molecule has 0 heterocycles. The predicted octanol–water partition coefficient (Wildman–Crippen LogP) is 3.35. The van der Waals surface area contributed by atoms with Crippen LogP contribution in [0.3, 0.4) is 0 Å². The lowest BCUT2D eigenvalue weighted by Crippen LogP contribution is -1.87. The number of hydrogen-bond acceptors (Lipinski definition) is 2. The van der Waals surface area contributed by atoms with Crippen molar-refractivity contribution < 1.29 is 9.09 Å². The molecule has 0 aromatic rings. The third kappa shape index (κ3) is 7.96. The quantitative estimate of drug-likeness (QED) is 0.440. The molecule has 0 spiro atoms. The first-order chi connectivity index (χ1) is 5.31. The minimum atomic E-state index is -1.35. The van der Waals surface area contributed by atoms with Crippen molar-refractivity contribution in [3.05, 3.63) is 0 Å². The van der Waals surface area contributed by atoms with Gasteiger partial charge >= 0.3 is 8.03 Å². The van der Waals surface area contributed by atoms with Gasteiger partial charge in [0.25, 0.3) is 0 Å². The molecule has 1 atom stereocenters. The Morgan fingerprint density at radius 1 is 1.18 bits per heavy atom. The Bertz CT molecular complexity index is 104. The highest BCUT2D eigenvalue weighted by molar-refractivity contribution is 7.39. The molecule has 0 aliphatic rings. The van der Waals surface area contributed by atoms with Crippen molar-refractivity contribution in [3.8, 4) is 0 Å². The molecular weight excluding hydrogens is 159 g/mol. The van der Waals surface area contributed by atoms with Gasteiger partial charge in [0, 0.05) is 0 Å². The zero-order valence-corrected chi connectivity index (χ0v) is 8.40. The van der Waals surface area contributed by atoms with Gasteiger partial charge < -0.3 is 0 Å². The van der Waals surface area contributed by atoms with E-state index in [0.717, 1.165) is 12.8 Å². The van der Waals surface area contributed by atoms with Gasteiger partial charge in [-0.3, -0.25) is 0 Å². The number of hydrogen-bond donors (Lipinski definition) is 0. The van der Waals surface area contributed by atoms with E-state index in [1.807, 2.05) is 6.92 Å². The van der Waals surface area contributed by atoms with Crippen LogP contribution in [-0.4, -0.2) is 12.8 Å². The monoisotopic (exact) mass is 177 g/mol. The van der Waals surface area contributed by atoms with Crippen LogP contribution in [0.1, 0.15) is 39.5 Å². The van der Waals surface area contributed by atoms with Crippen LogP contribution < -0.4 is 0 Å². The van der Waals surface area contributed by atoms with Crippen molar-refractivity contribution >= 4 is 8.03 Å². The first kappa shape index (κ1) is 11.1. The highest BCUT2D eigenvalue weighted by atomic mass is 31.1. The van der Waals surface area contributed by atoms with Crippen LogP contribution in [0.25, 0.3) is 0 Å². The summed E-state index contributed by atoms with van der Waals surface area (Å²) in [7, 11) is -1.35. The van der Waals surface area contributed by atoms with E-state index in [2.05, 4.69) is 6.92 Å². The fourth-order valence-corrected chi connectivity index (χ4v) is 1.59. The summed E-state index contributed by atoms with van der Waals surface area (Å²) in [6.07, 6.45) is 5.06. The molecular formula is C8H18O2P+. The number of unbranched alkanes of at least 4 members (excludes halogenated alkanes) is 2. The minimum Gasteiger partial charge on any atom is -0.146 e. The van der Waals surface area contributed by atoms with Gasteiger partial charge in [-0.15, -0.1) is 4.52 Å². The summed E-state index contributed by atoms with van der Waals surface area (Å²) in [4.78, 5) is 0. The summed E-state index contributed by atoms with van der Waals surface area (Å²) >= 11 is 0. The molecule has 0 aliphatic carbocycles. The summed E-state index contributed by atoms with van der Waals surface area (Å²) in [5, 5.41) is 0. The van der Waals surface area contributed by atoms with Gasteiger partial charge in [0.2, 0.25) is 0 Å². The van der Waals surface area contributed by atoms with Crippen molar-refractivity contribution in [3.63, 3.8) is 0 Å². The molecule has 0 N–H and O–H groups in total. The Kier molecular flexibility index (Phi) is 8.20. The maximum absolute atomic E-state index is 10.9. The molecule has 0 aromatic carbocycles. The highest BCUT2D eigenvalue weighted by Gasteiger charge is 2.13. The molecule has 2 nitrogen and oxygen atoms in total. The predicted molar refractivity (Wildman–Crippen MR) is 48.2 cm³/mol. The van der Waals surface area contributed by atoms with Crippen LogP contribution in [0, 0.1) is 0 Å². The standard InChI is InChI=1S/C8H18O2P/c1-3-5-6-7-10-11(9)8-4-2/h3-8H2,1-2H3/q+1. The largest absolute Gasteiger partial charge is 0.508 e. The Morgan fingerprint density at radius 2 is 1.91 bits per heavy atom. The van der Waals surface area contributed by atoms with Gasteiger partial charge in [0.15, 0.2) is 6.16 Å². The average molecular weight is 177 g/mol. The zero-order valence-electron chi connectivity index (χ0n) is 7.51. The molecule has 0 aliphatic heterocycles. The molecule has 3 heteroatoms. The van der Waals surface area contributed by atoms with Crippen LogP contribution in [0.15, 0.2) is 0 Å². The molecule has 0 rings (SSSR count). The maximum atomic E-state index is 10.9. The van der Waals surface area contributed by atoms with E-state index in [0.29, 0.717) is 12.8 Å².